The molecular formula is C19H27N5O2S. The maximum absolute atomic E-state index is 12.8. The van der Waals surface area contributed by atoms with Crippen LogP contribution in [-0.4, -0.2) is 64.3 Å². The third-order valence-electron chi connectivity index (χ3n) is 5.08. The average molecular weight is 390 g/mol. The summed E-state index contributed by atoms with van der Waals surface area (Å²) in [4.78, 5) is 38.4. The molecule has 1 fully saturated rings. The van der Waals surface area contributed by atoms with Crippen molar-refractivity contribution < 1.29 is 9.59 Å². The minimum absolute atomic E-state index is 0.0176. The molecule has 0 aromatic carbocycles. The Labute approximate surface area is 163 Å². The van der Waals surface area contributed by atoms with Gasteiger partial charge in [-0.05, 0) is 39.2 Å². The van der Waals surface area contributed by atoms with E-state index in [0.29, 0.717) is 11.3 Å². The molecule has 2 aromatic rings. The second-order valence-electron chi connectivity index (χ2n) is 7.23. The molecular weight excluding hydrogens is 362 g/mol. The number of aryl methyl sites for hydroxylation is 1. The van der Waals surface area contributed by atoms with Crippen molar-refractivity contribution in [2.24, 2.45) is 0 Å². The van der Waals surface area contributed by atoms with Gasteiger partial charge in [-0.2, -0.15) is 0 Å². The predicted molar refractivity (Wildman–Crippen MR) is 108 cm³/mol. The van der Waals surface area contributed by atoms with Crippen LogP contribution in [0.5, 0.6) is 0 Å². The first kappa shape index (κ1) is 19.5. The third kappa shape index (κ3) is 4.05. The SMILES string of the molecule is Cc1c(C(=O)N(C)C(C)C)sc2ncnc(NCCCN3CCCC3=O)c12. The van der Waals surface area contributed by atoms with E-state index in [4.69, 9.17) is 0 Å². The number of thiophene rings is 1. The smallest absolute Gasteiger partial charge is 0.264 e. The molecule has 0 spiro atoms. The summed E-state index contributed by atoms with van der Waals surface area (Å²) in [6.45, 7) is 8.32. The number of hydrogen-bond acceptors (Lipinski definition) is 6. The third-order valence-corrected chi connectivity index (χ3v) is 6.27. The number of nitrogens with zero attached hydrogens (tertiary/aromatic N) is 4. The Morgan fingerprint density at radius 1 is 1.41 bits per heavy atom. The van der Waals surface area contributed by atoms with Crippen LogP contribution in [0, 0.1) is 6.92 Å². The number of likely N-dealkylation sites (tertiary alicyclic amines) is 1. The summed E-state index contributed by atoms with van der Waals surface area (Å²) in [6, 6.07) is 0.138. The summed E-state index contributed by atoms with van der Waals surface area (Å²) >= 11 is 1.42. The van der Waals surface area contributed by atoms with Gasteiger partial charge in [0.2, 0.25) is 5.91 Å². The Morgan fingerprint density at radius 2 is 2.19 bits per heavy atom. The zero-order valence-corrected chi connectivity index (χ0v) is 17.2. The highest BCUT2D eigenvalue weighted by Gasteiger charge is 2.23. The Kier molecular flexibility index (Phi) is 5.94. The monoisotopic (exact) mass is 389 g/mol. The molecule has 2 aromatic heterocycles. The Balaban J connectivity index is 1.72. The number of fused-ring (bicyclic) bond motifs is 1. The zero-order chi connectivity index (χ0) is 19.6. The molecule has 0 unspecified atom stereocenters. The van der Waals surface area contributed by atoms with Crippen molar-refractivity contribution in [3.8, 4) is 0 Å². The summed E-state index contributed by atoms with van der Waals surface area (Å²) in [6.07, 6.45) is 4.04. The largest absolute Gasteiger partial charge is 0.369 e. The number of nitrogens with one attached hydrogen (secondary N) is 1. The lowest BCUT2D eigenvalue weighted by molar-refractivity contribution is -0.127. The van der Waals surface area contributed by atoms with Gasteiger partial charge >= 0.3 is 0 Å². The van der Waals surface area contributed by atoms with E-state index in [1.807, 2.05) is 32.7 Å². The van der Waals surface area contributed by atoms with E-state index < -0.39 is 0 Å². The van der Waals surface area contributed by atoms with Crippen molar-refractivity contribution in [2.75, 3.05) is 32.0 Å². The van der Waals surface area contributed by atoms with E-state index in [9.17, 15) is 9.59 Å². The predicted octanol–water partition coefficient (Wildman–Crippen LogP) is 2.90. The molecule has 0 radical (unpaired) electrons. The van der Waals surface area contributed by atoms with Crippen molar-refractivity contribution >= 4 is 39.2 Å². The summed E-state index contributed by atoms with van der Waals surface area (Å²) in [5, 5.41) is 4.28. The van der Waals surface area contributed by atoms with Crippen molar-refractivity contribution in [1.82, 2.24) is 19.8 Å². The van der Waals surface area contributed by atoms with Crippen LogP contribution in [0.4, 0.5) is 5.82 Å². The van der Waals surface area contributed by atoms with E-state index in [0.717, 1.165) is 54.1 Å². The van der Waals surface area contributed by atoms with Crippen molar-refractivity contribution in [2.45, 2.75) is 46.1 Å². The van der Waals surface area contributed by atoms with Gasteiger partial charge in [0.15, 0.2) is 0 Å². The lowest BCUT2D eigenvalue weighted by Crippen LogP contribution is -2.32. The molecule has 3 rings (SSSR count). The minimum atomic E-state index is 0.0176. The lowest BCUT2D eigenvalue weighted by Gasteiger charge is -2.20. The maximum Gasteiger partial charge on any atom is 0.264 e. The molecule has 0 bridgehead atoms. The zero-order valence-electron chi connectivity index (χ0n) is 16.4. The van der Waals surface area contributed by atoms with Crippen molar-refractivity contribution in [3.05, 3.63) is 16.8 Å². The minimum Gasteiger partial charge on any atom is -0.369 e. The van der Waals surface area contributed by atoms with Gasteiger partial charge in [0.1, 0.15) is 17.0 Å². The normalized spacial score (nSPS) is 14.4. The number of aromatic nitrogens is 2. The van der Waals surface area contributed by atoms with E-state index in [-0.39, 0.29) is 17.9 Å². The molecule has 3 heterocycles. The fraction of sp³-hybridized carbons (Fsp3) is 0.579. The van der Waals surface area contributed by atoms with Crippen LogP contribution in [-0.2, 0) is 4.79 Å². The van der Waals surface area contributed by atoms with E-state index in [1.165, 1.54) is 17.7 Å². The average Bonchev–Trinajstić information content (AvgIpc) is 3.21. The van der Waals surface area contributed by atoms with Crippen LogP contribution in [0.25, 0.3) is 10.2 Å². The Hall–Kier alpha value is -2.22. The van der Waals surface area contributed by atoms with Crippen LogP contribution in [0.1, 0.15) is 48.3 Å². The molecule has 8 heteroatoms. The fourth-order valence-electron chi connectivity index (χ4n) is 3.22. The lowest BCUT2D eigenvalue weighted by atomic mass is 10.2. The summed E-state index contributed by atoms with van der Waals surface area (Å²) < 4.78 is 0. The summed E-state index contributed by atoms with van der Waals surface area (Å²) in [5.74, 6) is 1.03. The fourth-order valence-corrected chi connectivity index (χ4v) is 4.35. The van der Waals surface area contributed by atoms with Crippen LogP contribution in [0.2, 0.25) is 0 Å². The molecule has 1 N–H and O–H groups in total. The molecule has 146 valence electrons. The van der Waals surface area contributed by atoms with Crippen molar-refractivity contribution in [3.63, 3.8) is 0 Å². The van der Waals surface area contributed by atoms with Gasteiger partial charge in [-0.15, -0.1) is 11.3 Å². The van der Waals surface area contributed by atoms with Gasteiger partial charge in [-0.25, -0.2) is 9.97 Å². The number of rotatable bonds is 7. The first-order valence-electron chi connectivity index (χ1n) is 9.43. The van der Waals surface area contributed by atoms with Crippen LogP contribution in [0.15, 0.2) is 6.33 Å². The number of anilines is 1. The molecule has 27 heavy (non-hydrogen) atoms. The first-order valence-corrected chi connectivity index (χ1v) is 10.2. The molecule has 1 saturated heterocycles. The highest BCUT2D eigenvalue weighted by atomic mass is 32.1. The molecule has 0 atom stereocenters. The topological polar surface area (TPSA) is 78.4 Å². The van der Waals surface area contributed by atoms with Gasteiger partial charge in [0.05, 0.1) is 10.3 Å². The molecule has 2 amide bonds. The molecule has 1 aliphatic heterocycles. The first-order chi connectivity index (χ1) is 12.9. The molecule has 0 saturated carbocycles. The van der Waals surface area contributed by atoms with Crippen LogP contribution in [0.3, 0.4) is 0 Å². The number of carbonyl (C=O) groups is 2. The van der Waals surface area contributed by atoms with Gasteiger partial charge in [0, 0.05) is 39.1 Å². The number of amides is 2. The van der Waals surface area contributed by atoms with Crippen molar-refractivity contribution in [1.29, 1.82) is 0 Å². The van der Waals surface area contributed by atoms with Gasteiger partial charge in [-0.3, -0.25) is 9.59 Å². The van der Waals surface area contributed by atoms with Gasteiger partial charge in [-0.1, -0.05) is 0 Å². The van der Waals surface area contributed by atoms with Gasteiger partial charge < -0.3 is 15.1 Å². The van der Waals surface area contributed by atoms with E-state index in [2.05, 4.69) is 15.3 Å². The number of hydrogen-bond donors (Lipinski definition) is 1. The van der Waals surface area contributed by atoms with Gasteiger partial charge in [0.25, 0.3) is 5.91 Å². The van der Waals surface area contributed by atoms with E-state index in [1.54, 1.807) is 4.90 Å². The second kappa shape index (κ2) is 8.21. The van der Waals surface area contributed by atoms with Crippen LogP contribution < -0.4 is 5.32 Å². The maximum atomic E-state index is 12.8. The highest BCUT2D eigenvalue weighted by Crippen LogP contribution is 2.34. The Bertz CT molecular complexity index is 848. The molecule has 0 aliphatic carbocycles. The second-order valence-corrected chi connectivity index (χ2v) is 8.23. The quantitative estimate of drug-likeness (QED) is 0.737. The van der Waals surface area contributed by atoms with E-state index >= 15 is 0 Å². The summed E-state index contributed by atoms with van der Waals surface area (Å²) in [7, 11) is 1.82. The standard InChI is InChI=1S/C19H27N5O2S/c1-12(2)23(4)19(26)16-13(3)15-17(21-11-22-18(15)27-16)20-8-6-10-24-9-5-7-14(24)25/h11-12H,5-10H2,1-4H3,(H,20,21,22). The molecule has 7 nitrogen and oxygen atoms in total. The summed E-state index contributed by atoms with van der Waals surface area (Å²) in [5.41, 5.74) is 0.922. The molecule has 1 aliphatic rings. The Morgan fingerprint density at radius 3 is 2.85 bits per heavy atom. The highest BCUT2D eigenvalue weighted by molar-refractivity contribution is 7.20. The number of carbonyl (C=O) groups excluding carboxylic acids is 2. The van der Waals surface area contributed by atoms with Crippen LogP contribution >= 0.6 is 11.3 Å².